The van der Waals surface area contributed by atoms with E-state index in [1.54, 1.807) is 14.2 Å². The third-order valence-electron chi connectivity index (χ3n) is 6.47. The number of nitrogens with zero attached hydrogens (tertiary/aromatic N) is 1. The van der Waals surface area contributed by atoms with Gasteiger partial charge >= 0.3 is 0 Å². The lowest BCUT2D eigenvalue weighted by atomic mass is 9.80. The molecule has 0 saturated carbocycles. The fourth-order valence-electron chi connectivity index (χ4n) is 4.74. The van der Waals surface area contributed by atoms with E-state index in [1.807, 2.05) is 24.3 Å². The van der Waals surface area contributed by atoms with Gasteiger partial charge in [-0.3, -0.25) is 4.90 Å². The maximum atomic E-state index is 6.22. The summed E-state index contributed by atoms with van der Waals surface area (Å²) in [5, 5.41) is 0. The van der Waals surface area contributed by atoms with Crippen LogP contribution < -0.4 is 4.74 Å². The van der Waals surface area contributed by atoms with Gasteiger partial charge in [0.25, 0.3) is 0 Å². The van der Waals surface area contributed by atoms with Crippen molar-refractivity contribution in [3.8, 4) is 5.75 Å². The van der Waals surface area contributed by atoms with E-state index >= 15 is 0 Å². The first-order valence-corrected chi connectivity index (χ1v) is 11.2. The normalized spacial score (nSPS) is 21.3. The van der Waals surface area contributed by atoms with E-state index < -0.39 is 0 Å². The quantitative estimate of drug-likeness (QED) is 0.549. The molecule has 1 fully saturated rings. The molecule has 0 spiro atoms. The maximum Gasteiger partial charge on any atom is 0.156 e. The molecule has 1 aliphatic carbocycles. The number of rotatable bonds is 8. The number of ether oxygens (including phenoxy) is 3. The van der Waals surface area contributed by atoms with Crippen LogP contribution in [0.1, 0.15) is 37.3 Å². The molecule has 31 heavy (non-hydrogen) atoms. The molecule has 0 bridgehead atoms. The highest BCUT2D eigenvalue weighted by molar-refractivity contribution is 5.33. The number of fused-ring (bicyclic) bond motifs is 1. The summed E-state index contributed by atoms with van der Waals surface area (Å²) < 4.78 is 17.4. The Hall–Kier alpha value is -2.72. The van der Waals surface area contributed by atoms with E-state index in [0.717, 1.165) is 49.6 Å². The van der Waals surface area contributed by atoms with Crippen LogP contribution in [-0.2, 0) is 22.6 Å². The lowest BCUT2D eigenvalue weighted by Crippen LogP contribution is -2.43. The molecule has 2 unspecified atom stereocenters. The van der Waals surface area contributed by atoms with Crippen LogP contribution in [0.3, 0.4) is 0 Å². The van der Waals surface area contributed by atoms with Crippen LogP contribution in [0.5, 0.6) is 5.75 Å². The van der Waals surface area contributed by atoms with Gasteiger partial charge in [0.05, 0.1) is 14.2 Å². The van der Waals surface area contributed by atoms with Gasteiger partial charge in [0, 0.05) is 25.6 Å². The second kappa shape index (κ2) is 10.1. The van der Waals surface area contributed by atoms with Crippen molar-refractivity contribution in [2.75, 3.05) is 20.8 Å². The summed E-state index contributed by atoms with van der Waals surface area (Å²) in [6.07, 6.45) is 5.45. The Balaban J connectivity index is 1.49. The average molecular weight is 420 g/mol. The van der Waals surface area contributed by atoms with Crippen molar-refractivity contribution < 1.29 is 14.2 Å². The third kappa shape index (κ3) is 5.13. The minimum atomic E-state index is 0.524. The summed E-state index contributed by atoms with van der Waals surface area (Å²) in [7, 11) is 3.46. The molecule has 4 rings (SSSR count). The number of allylic oxidation sites excluding steroid dienone is 2. The standard InChI is InChI=1S/C27H33NO3/c1-4-24-14-22-15-27(31-19-20-9-6-5-7-10-20)26(30-3)16-23(22)18-28(24)17-21-11-8-12-25(13-21)29-2/h5-13,16,22,24H,4,14-15,17-19H2,1-3H3. The van der Waals surface area contributed by atoms with Crippen molar-refractivity contribution in [2.45, 2.75) is 45.4 Å². The molecule has 4 nitrogen and oxygen atoms in total. The molecule has 2 aromatic rings. The van der Waals surface area contributed by atoms with Gasteiger partial charge in [-0.25, -0.2) is 0 Å². The van der Waals surface area contributed by atoms with Crippen LogP contribution in [-0.4, -0.2) is 31.7 Å². The first kappa shape index (κ1) is 21.5. The zero-order valence-electron chi connectivity index (χ0n) is 18.8. The molecule has 0 amide bonds. The molecule has 2 aromatic carbocycles. The molecule has 2 aliphatic rings. The van der Waals surface area contributed by atoms with Gasteiger partial charge in [-0.1, -0.05) is 49.4 Å². The zero-order valence-corrected chi connectivity index (χ0v) is 18.8. The smallest absolute Gasteiger partial charge is 0.156 e. The molecule has 1 aliphatic heterocycles. The predicted molar refractivity (Wildman–Crippen MR) is 124 cm³/mol. The second-order valence-corrected chi connectivity index (χ2v) is 8.44. The summed E-state index contributed by atoms with van der Waals surface area (Å²) in [5.41, 5.74) is 3.93. The zero-order chi connectivity index (χ0) is 21.6. The third-order valence-corrected chi connectivity index (χ3v) is 6.47. The van der Waals surface area contributed by atoms with E-state index in [0.29, 0.717) is 18.6 Å². The Kier molecular flexibility index (Phi) is 6.98. The SMILES string of the molecule is CCC1CC2CC(OCc3ccccc3)=C(OC)C=C2CN1Cc1cccc(OC)c1. The Morgan fingerprint density at radius 2 is 1.77 bits per heavy atom. The predicted octanol–water partition coefficient (Wildman–Crippen LogP) is 5.70. The van der Waals surface area contributed by atoms with Gasteiger partial charge in [0.1, 0.15) is 18.1 Å². The van der Waals surface area contributed by atoms with Crippen LogP contribution in [0.4, 0.5) is 0 Å². The highest BCUT2D eigenvalue weighted by atomic mass is 16.5. The molecule has 4 heteroatoms. The van der Waals surface area contributed by atoms with Crippen LogP contribution in [0.25, 0.3) is 0 Å². The van der Waals surface area contributed by atoms with Gasteiger partial charge in [-0.05, 0) is 53.7 Å². The van der Waals surface area contributed by atoms with Crippen LogP contribution in [0, 0.1) is 5.92 Å². The average Bonchev–Trinajstić information content (AvgIpc) is 2.82. The molecule has 164 valence electrons. The second-order valence-electron chi connectivity index (χ2n) is 8.44. The largest absolute Gasteiger partial charge is 0.497 e. The molecular formula is C27H33NO3. The molecular weight excluding hydrogens is 386 g/mol. The Morgan fingerprint density at radius 3 is 2.52 bits per heavy atom. The number of hydrogen-bond acceptors (Lipinski definition) is 4. The summed E-state index contributed by atoms with van der Waals surface area (Å²) in [5.74, 6) is 3.30. The fourth-order valence-corrected chi connectivity index (χ4v) is 4.74. The van der Waals surface area contributed by atoms with E-state index in [2.05, 4.69) is 48.2 Å². The molecule has 0 N–H and O–H groups in total. The highest BCUT2D eigenvalue weighted by Gasteiger charge is 2.34. The highest BCUT2D eigenvalue weighted by Crippen LogP contribution is 2.39. The van der Waals surface area contributed by atoms with E-state index in [-0.39, 0.29) is 0 Å². The first-order valence-electron chi connectivity index (χ1n) is 11.2. The molecule has 0 radical (unpaired) electrons. The van der Waals surface area contributed by atoms with Crippen LogP contribution in [0.2, 0.25) is 0 Å². The van der Waals surface area contributed by atoms with Crippen molar-refractivity contribution in [2.24, 2.45) is 5.92 Å². The van der Waals surface area contributed by atoms with Crippen molar-refractivity contribution in [1.29, 1.82) is 0 Å². The van der Waals surface area contributed by atoms with Gasteiger partial charge in [-0.15, -0.1) is 0 Å². The lowest BCUT2D eigenvalue weighted by Gasteiger charge is -2.42. The lowest BCUT2D eigenvalue weighted by molar-refractivity contribution is 0.110. The fraction of sp³-hybridized carbons (Fsp3) is 0.407. The van der Waals surface area contributed by atoms with Gasteiger partial charge < -0.3 is 14.2 Å². The molecule has 1 saturated heterocycles. The van der Waals surface area contributed by atoms with E-state index in [4.69, 9.17) is 14.2 Å². The maximum absolute atomic E-state index is 6.22. The van der Waals surface area contributed by atoms with E-state index in [9.17, 15) is 0 Å². The minimum absolute atomic E-state index is 0.524. The van der Waals surface area contributed by atoms with Gasteiger partial charge in [0.15, 0.2) is 5.76 Å². The monoisotopic (exact) mass is 419 g/mol. The number of likely N-dealkylation sites (tertiary alicyclic amines) is 1. The summed E-state index contributed by atoms with van der Waals surface area (Å²) in [4.78, 5) is 2.60. The number of hydrogen-bond donors (Lipinski definition) is 0. The Bertz CT molecular complexity index is 935. The van der Waals surface area contributed by atoms with Crippen LogP contribution >= 0.6 is 0 Å². The molecule has 0 aromatic heterocycles. The minimum Gasteiger partial charge on any atom is -0.497 e. The van der Waals surface area contributed by atoms with Crippen molar-refractivity contribution in [1.82, 2.24) is 4.90 Å². The van der Waals surface area contributed by atoms with Gasteiger partial charge in [0.2, 0.25) is 0 Å². The first-order chi connectivity index (χ1) is 15.2. The number of benzene rings is 2. The number of piperidine rings is 1. The Morgan fingerprint density at radius 1 is 0.968 bits per heavy atom. The van der Waals surface area contributed by atoms with Crippen molar-refractivity contribution in [3.05, 3.63) is 88.9 Å². The van der Waals surface area contributed by atoms with Crippen LogP contribution in [0.15, 0.2) is 77.8 Å². The summed E-state index contributed by atoms with van der Waals surface area (Å²) >= 11 is 0. The molecule has 1 heterocycles. The number of methoxy groups -OCH3 is 2. The van der Waals surface area contributed by atoms with Crippen molar-refractivity contribution in [3.63, 3.8) is 0 Å². The molecule has 2 atom stereocenters. The van der Waals surface area contributed by atoms with Gasteiger partial charge in [-0.2, -0.15) is 0 Å². The van der Waals surface area contributed by atoms with Crippen molar-refractivity contribution >= 4 is 0 Å². The summed E-state index contributed by atoms with van der Waals surface area (Å²) in [6.45, 7) is 4.78. The van der Waals surface area contributed by atoms with E-state index in [1.165, 1.54) is 16.7 Å². The summed E-state index contributed by atoms with van der Waals surface area (Å²) in [6, 6.07) is 19.3. The topological polar surface area (TPSA) is 30.9 Å². The Labute approximate surface area is 186 Å².